The Hall–Kier alpha value is -3.88. The number of amides is 2. The van der Waals surface area contributed by atoms with Crippen LogP contribution >= 0.6 is 0 Å². The smallest absolute Gasteiger partial charge is 0.244 e. The van der Waals surface area contributed by atoms with Crippen molar-refractivity contribution in [1.82, 2.24) is 19.7 Å². The molecule has 0 radical (unpaired) electrons. The van der Waals surface area contributed by atoms with E-state index < -0.39 is 0 Å². The van der Waals surface area contributed by atoms with Crippen molar-refractivity contribution in [3.8, 4) is 11.6 Å². The zero-order valence-corrected chi connectivity index (χ0v) is 21.3. The number of carbonyl (C=O) groups is 2. The molecule has 0 bridgehead atoms. The molecule has 1 N–H and O–H groups in total. The number of nitrogens with zero attached hydrogens (tertiary/aromatic N) is 4. The minimum absolute atomic E-state index is 0.00579. The molecule has 3 aromatic rings. The second kappa shape index (κ2) is 11.0. The van der Waals surface area contributed by atoms with Crippen molar-refractivity contribution >= 4 is 17.5 Å². The Balaban J connectivity index is 1.06. The van der Waals surface area contributed by atoms with Gasteiger partial charge in [0.15, 0.2) is 0 Å². The molecule has 1 saturated heterocycles. The quantitative estimate of drug-likeness (QED) is 0.503. The minimum Gasteiger partial charge on any atom is -0.489 e. The molecule has 1 aromatic carbocycles. The van der Waals surface area contributed by atoms with Crippen molar-refractivity contribution in [3.05, 3.63) is 66.1 Å². The maximum absolute atomic E-state index is 12.9. The number of piperidine rings is 1. The van der Waals surface area contributed by atoms with Crippen molar-refractivity contribution in [2.24, 2.45) is 5.92 Å². The van der Waals surface area contributed by atoms with Crippen LogP contribution in [0.25, 0.3) is 0 Å². The predicted molar refractivity (Wildman–Crippen MR) is 138 cm³/mol. The molecule has 2 fully saturated rings. The fourth-order valence-corrected chi connectivity index (χ4v) is 4.70. The van der Waals surface area contributed by atoms with Crippen LogP contribution in [0.3, 0.4) is 0 Å². The summed E-state index contributed by atoms with van der Waals surface area (Å²) in [5, 5.41) is 7.18. The molecule has 9 heteroatoms. The number of likely N-dealkylation sites (tertiary alicyclic amines) is 1. The van der Waals surface area contributed by atoms with Crippen LogP contribution in [-0.2, 0) is 16.1 Å². The van der Waals surface area contributed by atoms with Gasteiger partial charge in [-0.15, -0.1) is 0 Å². The number of anilines is 1. The lowest BCUT2D eigenvalue weighted by atomic mass is 9.81. The number of hydrogen-bond donors (Lipinski definition) is 1. The van der Waals surface area contributed by atoms with Crippen LogP contribution in [0.15, 0.2) is 54.9 Å². The van der Waals surface area contributed by atoms with Gasteiger partial charge in [-0.1, -0.05) is 23.8 Å². The first-order valence-electron chi connectivity index (χ1n) is 12.9. The molecule has 1 atom stereocenters. The Labute approximate surface area is 216 Å². The third-order valence-electron chi connectivity index (χ3n) is 6.87. The summed E-state index contributed by atoms with van der Waals surface area (Å²) in [5.74, 6) is 1.24. The molecule has 9 nitrogen and oxygen atoms in total. The Kier molecular flexibility index (Phi) is 7.39. The number of rotatable bonds is 8. The van der Waals surface area contributed by atoms with Crippen LogP contribution in [0, 0.1) is 19.8 Å². The largest absolute Gasteiger partial charge is 0.489 e. The number of nitrogens with one attached hydrogen (secondary N) is 1. The summed E-state index contributed by atoms with van der Waals surface area (Å²) in [4.78, 5) is 31.7. The molecule has 0 unspecified atom stereocenters. The fraction of sp³-hybridized carbons (Fsp3) is 0.429. The number of pyridine rings is 1. The number of aromatic nitrogens is 3. The van der Waals surface area contributed by atoms with Gasteiger partial charge < -0.3 is 19.7 Å². The molecule has 194 valence electrons. The molecule has 1 aliphatic carbocycles. The van der Waals surface area contributed by atoms with Crippen LogP contribution in [-0.4, -0.2) is 56.8 Å². The summed E-state index contributed by atoms with van der Waals surface area (Å²) < 4.78 is 13.5. The molecule has 1 aliphatic heterocycles. The monoisotopic (exact) mass is 503 g/mol. The summed E-state index contributed by atoms with van der Waals surface area (Å²) in [6.07, 6.45) is 6.36. The number of hydrogen-bond acceptors (Lipinski definition) is 6. The highest BCUT2D eigenvalue weighted by Gasteiger charge is 2.36. The average Bonchev–Trinajstić information content (AvgIpc) is 3.29. The standard InChI is InChI=1S/C28H33N5O4/c1-19-8-10-23(11-9-19)36-24-6-4-12-32(17-24)27(34)18-33-16-22(15-29-33)31-28(35)21-13-25(14-21)37-26-7-3-5-20(2)30-26/h3,5,7-11,15-16,21,24-25H,4,6,12-14,17-18H2,1-2H3,(H,31,35)/t21?,24-,25?/m0/s1. The van der Waals surface area contributed by atoms with Crippen LogP contribution < -0.4 is 14.8 Å². The van der Waals surface area contributed by atoms with E-state index in [4.69, 9.17) is 9.47 Å². The molecular formula is C28H33N5O4. The lowest BCUT2D eigenvalue weighted by Crippen LogP contribution is -2.45. The molecule has 5 rings (SSSR count). The highest BCUT2D eigenvalue weighted by Crippen LogP contribution is 2.32. The van der Waals surface area contributed by atoms with Crippen molar-refractivity contribution in [2.75, 3.05) is 18.4 Å². The predicted octanol–water partition coefficient (Wildman–Crippen LogP) is 3.76. The second-order valence-electron chi connectivity index (χ2n) is 9.98. The van der Waals surface area contributed by atoms with Crippen LogP contribution in [0.4, 0.5) is 5.69 Å². The summed E-state index contributed by atoms with van der Waals surface area (Å²) in [7, 11) is 0. The van der Waals surface area contributed by atoms with Crippen molar-refractivity contribution in [3.63, 3.8) is 0 Å². The topological polar surface area (TPSA) is 98.6 Å². The van der Waals surface area contributed by atoms with Crippen molar-refractivity contribution in [2.45, 2.75) is 58.3 Å². The Morgan fingerprint density at radius 1 is 1.05 bits per heavy atom. The molecule has 0 spiro atoms. The summed E-state index contributed by atoms with van der Waals surface area (Å²) in [5.41, 5.74) is 2.67. The number of carbonyl (C=O) groups excluding carboxylic acids is 2. The SMILES string of the molecule is Cc1ccc(O[C@H]2CCCN(C(=O)Cn3cc(NC(=O)C4CC(Oc5cccc(C)n5)C4)cn3)C2)cc1. The number of aryl methyl sites for hydroxylation is 2. The van der Waals surface area contributed by atoms with E-state index in [9.17, 15) is 9.59 Å². The third-order valence-corrected chi connectivity index (χ3v) is 6.87. The summed E-state index contributed by atoms with van der Waals surface area (Å²) >= 11 is 0. The molecule has 1 saturated carbocycles. The van der Waals surface area contributed by atoms with Gasteiger partial charge in [0.1, 0.15) is 24.5 Å². The van der Waals surface area contributed by atoms with Gasteiger partial charge in [-0.05, 0) is 57.7 Å². The fourth-order valence-electron chi connectivity index (χ4n) is 4.70. The summed E-state index contributed by atoms with van der Waals surface area (Å²) in [6.45, 7) is 5.35. The minimum atomic E-state index is -0.112. The first kappa shape index (κ1) is 24.8. The molecule has 3 heterocycles. The first-order valence-corrected chi connectivity index (χ1v) is 12.9. The molecule has 2 aromatic heterocycles. The third kappa shape index (κ3) is 6.47. The maximum atomic E-state index is 12.9. The van der Waals surface area contributed by atoms with Crippen LogP contribution in [0.2, 0.25) is 0 Å². The van der Waals surface area contributed by atoms with Gasteiger partial charge in [0, 0.05) is 30.4 Å². The molecule has 37 heavy (non-hydrogen) atoms. The van der Waals surface area contributed by atoms with Crippen LogP contribution in [0.1, 0.15) is 36.9 Å². The Bertz CT molecular complexity index is 1240. The highest BCUT2D eigenvalue weighted by molar-refractivity contribution is 5.93. The number of benzene rings is 1. The van der Waals surface area contributed by atoms with Gasteiger partial charge >= 0.3 is 0 Å². The number of ether oxygens (including phenoxy) is 2. The lowest BCUT2D eigenvalue weighted by Gasteiger charge is -2.33. The average molecular weight is 504 g/mol. The van der Waals surface area contributed by atoms with Crippen molar-refractivity contribution in [1.29, 1.82) is 0 Å². The van der Waals surface area contributed by atoms with Crippen LogP contribution in [0.5, 0.6) is 11.6 Å². The van der Waals surface area contributed by atoms with Gasteiger partial charge in [0.05, 0.1) is 18.4 Å². The zero-order valence-electron chi connectivity index (χ0n) is 21.3. The lowest BCUT2D eigenvalue weighted by molar-refractivity contribution is -0.134. The van der Waals surface area contributed by atoms with E-state index in [0.29, 0.717) is 37.5 Å². The molecular weight excluding hydrogens is 470 g/mol. The Morgan fingerprint density at radius 2 is 1.86 bits per heavy atom. The molecule has 2 aliphatic rings. The van der Waals surface area contributed by atoms with E-state index >= 15 is 0 Å². The van der Waals surface area contributed by atoms with Gasteiger partial charge in [-0.25, -0.2) is 4.98 Å². The van der Waals surface area contributed by atoms with Gasteiger partial charge in [-0.2, -0.15) is 5.10 Å². The normalized spacial score (nSPS) is 21.1. The van der Waals surface area contributed by atoms with E-state index in [1.54, 1.807) is 17.1 Å². The van der Waals surface area contributed by atoms with E-state index in [0.717, 1.165) is 24.3 Å². The summed E-state index contributed by atoms with van der Waals surface area (Å²) in [6, 6.07) is 13.6. The van der Waals surface area contributed by atoms with Gasteiger partial charge in [0.25, 0.3) is 0 Å². The van der Waals surface area contributed by atoms with E-state index in [-0.39, 0.29) is 36.5 Å². The van der Waals surface area contributed by atoms with Gasteiger partial charge in [-0.3, -0.25) is 14.3 Å². The maximum Gasteiger partial charge on any atom is 0.244 e. The first-order chi connectivity index (χ1) is 17.9. The Morgan fingerprint density at radius 3 is 2.65 bits per heavy atom. The second-order valence-corrected chi connectivity index (χ2v) is 9.98. The zero-order chi connectivity index (χ0) is 25.8. The van der Waals surface area contributed by atoms with E-state index in [1.165, 1.54) is 5.56 Å². The highest BCUT2D eigenvalue weighted by atomic mass is 16.5. The van der Waals surface area contributed by atoms with E-state index in [1.807, 2.05) is 61.2 Å². The van der Waals surface area contributed by atoms with Gasteiger partial charge in [0.2, 0.25) is 17.7 Å². The van der Waals surface area contributed by atoms with E-state index in [2.05, 4.69) is 15.4 Å². The van der Waals surface area contributed by atoms with Crippen molar-refractivity contribution < 1.29 is 19.1 Å². The molecule has 2 amide bonds.